The number of para-hydroxylation sites is 1. The number of hydrogen-bond acceptors (Lipinski definition) is 3. The maximum absolute atomic E-state index is 13.6. The van der Waals surface area contributed by atoms with E-state index in [1.807, 2.05) is 30.3 Å². The van der Waals surface area contributed by atoms with E-state index in [9.17, 15) is 14.0 Å². The normalized spacial score (nSPS) is 14.9. The van der Waals surface area contributed by atoms with Crippen LogP contribution in [0.4, 0.5) is 10.1 Å². The van der Waals surface area contributed by atoms with Crippen molar-refractivity contribution in [2.75, 3.05) is 24.2 Å². The van der Waals surface area contributed by atoms with Crippen molar-refractivity contribution < 1.29 is 14.0 Å². The Kier molecular flexibility index (Phi) is 6.28. The van der Waals surface area contributed by atoms with Crippen LogP contribution in [0.5, 0.6) is 0 Å². The summed E-state index contributed by atoms with van der Waals surface area (Å²) in [5.74, 6) is -0.189. The topological polar surface area (TPSA) is 49.4 Å². The van der Waals surface area contributed by atoms with Crippen LogP contribution in [-0.2, 0) is 9.59 Å². The summed E-state index contributed by atoms with van der Waals surface area (Å²) in [5, 5.41) is 2.92. The number of benzene rings is 2. The largest absolute Gasteiger partial charge is 0.342 e. The number of rotatable bonds is 5. The Morgan fingerprint density at radius 2 is 1.69 bits per heavy atom. The standard InChI is InChI=1S/C20H21FN2O2S/c21-17-8-4-5-9-18(17)26-14-19(24)23-12-10-15(11-13-23)20(25)22-16-6-2-1-3-7-16/h1-9,15H,10-14H2,(H,22,25). The Bertz CT molecular complexity index is 761. The number of halogens is 1. The summed E-state index contributed by atoms with van der Waals surface area (Å²) in [6, 6.07) is 15.8. The molecule has 0 bridgehead atoms. The Labute approximate surface area is 156 Å². The van der Waals surface area contributed by atoms with Gasteiger partial charge in [0.25, 0.3) is 0 Å². The lowest BCUT2D eigenvalue weighted by Crippen LogP contribution is -2.42. The van der Waals surface area contributed by atoms with Gasteiger partial charge in [0, 0.05) is 29.6 Å². The van der Waals surface area contributed by atoms with Crippen molar-refractivity contribution in [1.29, 1.82) is 0 Å². The van der Waals surface area contributed by atoms with E-state index in [1.54, 1.807) is 23.1 Å². The first kappa shape index (κ1) is 18.5. The minimum Gasteiger partial charge on any atom is -0.342 e. The number of thioether (sulfide) groups is 1. The quantitative estimate of drug-likeness (QED) is 0.813. The molecule has 0 aliphatic carbocycles. The maximum Gasteiger partial charge on any atom is 0.232 e. The van der Waals surface area contributed by atoms with E-state index >= 15 is 0 Å². The summed E-state index contributed by atoms with van der Waals surface area (Å²) in [6.07, 6.45) is 1.30. The van der Waals surface area contributed by atoms with Gasteiger partial charge in [-0.05, 0) is 37.1 Å². The number of carbonyl (C=O) groups excluding carboxylic acids is 2. The molecule has 1 aliphatic rings. The van der Waals surface area contributed by atoms with E-state index in [-0.39, 0.29) is 29.3 Å². The van der Waals surface area contributed by atoms with Crippen LogP contribution in [-0.4, -0.2) is 35.6 Å². The summed E-state index contributed by atoms with van der Waals surface area (Å²) in [7, 11) is 0. The van der Waals surface area contributed by atoms with E-state index in [1.165, 1.54) is 17.8 Å². The summed E-state index contributed by atoms with van der Waals surface area (Å²) in [6.45, 7) is 1.12. The molecule has 136 valence electrons. The Morgan fingerprint density at radius 3 is 2.38 bits per heavy atom. The van der Waals surface area contributed by atoms with E-state index in [0.717, 1.165) is 5.69 Å². The van der Waals surface area contributed by atoms with Crippen LogP contribution in [0.1, 0.15) is 12.8 Å². The fourth-order valence-electron chi connectivity index (χ4n) is 2.95. The Morgan fingerprint density at radius 1 is 1.04 bits per heavy atom. The average molecular weight is 372 g/mol. The highest BCUT2D eigenvalue weighted by atomic mass is 32.2. The van der Waals surface area contributed by atoms with Crippen LogP contribution in [0.15, 0.2) is 59.5 Å². The predicted octanol–water partition coefficient (Wildman–Crippen LogP) is 3.80. The van der Waals surface area contributed by atoms with Crippen molar-refractivity contribution >= 4 is 29.3 Å². The average Bonchev–Trinajstić information content (AvgIpc) is 2.68. The molecule has 1 N–H and O–H groups in total. The molecular weight excluding hydrogens is 351 g/mol. The molecule has 3 rings (SSSR count). The van der Waals surface area contributed by atoms with Gasteiger partial charge in [0.05, 0.1) is 5.75 Å². The molecule has 0 radical (unpaired) electrons. The third kappa shape index (κ3) is 4.85. The van der Waals surface area contributed by atoms with Crippen LogP contribution < -0.4 is 5.32 Å². The predicted molar refractivity (Wildman–Crippen MR) is 101 cm³/mol. The van der Waals surface area contributed by atoms with Gasteiger partial charge in [-0.25, -0.2) is 4.39 Å². The van der Waals surface area contributed by atoms with Gasteiger partial charge in [0.15, 0.2) is 0 Å². The van der Waals surface area contributed by atoms with Crippen molar-refractivity contribution in [2.45, 2.75) is 17.7 Å². The first-order valence-corrected chi connectivity index (χ1v) is 9.63. The SMILES string of the molecule is O=C(Nc1ccccc1)C1CCN(C(=O)CSc2ccccc2F)CC1. The third-order valence-electron chi connectivity index (χ3n) is 4.45. The lowest BCUT2D eigenvalue weighted by molar-refractivity contribution is -0.132. The zero-order valence-corrected chi connectivity index (χ0v) is 15.2. The van der Waals surface area contributed by atoms with Gasteiger partial charge in [-0.1, -0.05) is 30.3 Å². The molecule has 1 fully saturated rings. The lowest BCUT2D eigenvalue weighted by Gasteiger charge is -2.31. The van der Waals surface area contributed by atoms with Crippen LogP contribution in [0.3, 0.4) is 0 Å². The first-order chi connectivity index (χ1) is 12.6. The van der Waals surface area contributed by atoms with Gasteiger partial charge in [-0.2, -0.15) is 0 Å². The maximum atomic E-state index is 13.6. The van der Waals surface area contributed by atoms with Crippen LogP contribution in [0, 0.1) is 11.7 Å². The number of likely N-dealkylation sites (tertiary alicyclic amines) is 1. The van der Waals surface area contributed by atoms with Gasteiger partial charge in [0.2, 0.25) is 11.8 Å². The van der Waals surface area contributed by atoms with E-state index in [2.05, 4.69) is 5.32 Å². The van der Waals surface area contributed by atoms with Crippen molar-refractivity contribution in [3.63, 3.8) is 0 Å². The second-order valence-corrected chi connectivity index (χ2v) is 7.25. The fraction of sp³-hybridized carbons (Fsp3) is 0.300. The smallest absolute Gasteiger partial charge is 0.232 e. The van der Waals surface area contributed by atoms with E-state index in [0.29, 0.717) is 30.8 Å². The van der Waals surface area contributed by atoms with E-state index < -0.39 is 0 Å². The van der Waals surface area contributed by atoms with Crippen molar-refractivity contribution in [3.05, 3.63) is 60.4 Å². The second kappa shape index (κ2) is 8.85. The molecule has 4 nitrogen and oxygen atoms in total. The minimum absolute atomic E-state index is 0.00373. The molecule has 0 unspecified atom stereocenters. The van der Waals surface area contributed by atoms with Crippen molar-refractivity contribution in [1.82, 2.24) is 4.90 Å². The zero-order chi connectivity index (χ0) is 18.4. The third-order valence-corrected chi connectivity index (χ3v) is 5.48. The highest BCUT2D eigenvalue weighted by molar-refractivity contribution is 8.00. The highest BCUT2D eigenvalue weighted by Crippen LogP contribution is 2.24. The van der Waals surface area contributed by atoms with Gasteiger partial charge in [-0.15, -0.1) is 11.8 Å². The lowest BCUT2D eigenvalue weighted by atomic mass is 9.96. The van der Waals surface area contributed by atoms with Crippen LogP contribution in [0.2, 0.25) is 0 Å². The highest BCUT2D eigenvalue weighted by Gasteiger charge is 2.27. The number of nitrogens with zero attached hydrogens (tertiary/aromatic N) is 1. The van der Waals surface area contributed by atoms with Crippen molar-refractivity contribution in [3.8, 4) is 0 Å². The minimum atomic E-state index is -0.304. The molecule has 2 aromatic carbocycles. The monoisotopic (exact) mass is 372 g/mol. The summed E-state index contributed by atoms with van der Waals surface area (Å²) >= 11 is 1.21. The summed E-state index contributed by atoms with van der Waals surface area (Å²) in [5.41, 5.74) is 0.789. The number of carbonyl (C=O) groups is 2. The molecule has 6 heteroatoms. The molecule has 0 saturated carbocycles. The molecule has 2 amide bonds. The molecule has 1 heterocycles. The number of amides is 2. The molecule has 2 aromatic rings. The number of hydrogen-bond donors (Lipinski definition) is 1. The molecule has 0 aromatic heterocycles. The zero-order valence-electron chi connectivity index (χ0n) is 14.4. The molecule has 1 saturated heterocycles. The summed E-state index contributed by atoms with van der Waals surface area (Å²) < 4.78 is 13.6. The van der Waals surface area contributed by atoms with Gasteiger partial charge < -0.3 is 10.2 Å². The molecular formula is C20H21FN2O2S. The summed E-state index contributed by atoms with van der Waals surface area (Å²) in [4.78, 5) is 26.9. The van der Waals surface area contributed by atoms with Gasteiger partial charge in [0.1, 0.15) is 5.82 Å². The Balaban J connectivity index is 1.45. The van der Waals surface area contributed by atoms with Crippen molar-refractivity contribution in [2.24, 2.45) is 5.92 Å². The molecule has 0 spiro atoms. The molecule has 0 atom stereocenters. The second-order valence-electron chi connectivity index (χ2n) is 6.23. The first-order valence-electron chi connectivity index (χ1n) is 8.64. The number of nitrogens with one attached hydrogen (secondary N) is 1. The number of anilines is 1. The molecule has 1 aliphatic heterocycles. The van der Waals surface area contributed by atoms with Gasteiger partial charge >= 0.3 is 0 Å². The van der Waals surface area contributed by atoms with E-state index in [4.69, 9.17) is 0 Å². The Hall–Kier alpha value is -2.34. The molecule has 26 heavy (non-hydrogen) atoms. The van der Waals surface area contributed by atoms with Crippen LogP contribution in [0.25, 0.3) is 0 Å². The fourth-order valence-corrected chi connectivity index (χ4v) is 3.79. The van der Waals surface area contributed by atoms with Gasteiger partial charge in [-0.3, -0.25) is 9.59 Å². The van der Waals surface area contributed by atoms with Crippen LogP contribution >= 0.6 is 11.8 Å². The number of piperidine rings is 1.